The van der Waals surface area contributed by atoms with Crippen LogP contribution in [-0.2, 0) is 11.3 Å². The van der Waals surface area contributed by atoms with Crippen molar-refractivity contribution < 1.29 is 4.79 Å². The van der Waals surface area contributed by atoms with Gasteiger partial charge >= 0.3 is 0 Å². The van der Waals surface area contributed by atoms with E-state index in [-0.39, 0.29) is 11.8 Å². The monoisotopic (exact) mass is 311 g/mol. The van der Waals surface area contributed by atoms with Gasteiger partial charge in [-0.05, 0) is 24.5 Å². The average molecular weight is 311 g/mol. The molecule has 2 heterocycles. The standard InChI is InChI=1S/C19H25N3O/c1-4-10-21-13-15(12-18(21)23)19-20-16-7-5-6-8-17(16)22(19)11-9-14(2)3/h4-8,14-15H,1,9-13H2,2-3H3. The van der Waals surface area contributed by atoms with Gasteiger partial charge in [-0.25, -0.2) is 4.98 Å². The van der Waals surface area contributed by atoms with Crippen molar-refractivity contribution in [1.29, 1.82) is 0 Å². The summed E-state index contributed by atoms with van der Waals surface area (Å²) in [5.41, 5.74) is 2.21. The molecule has 122 valence electrons. The smallest absolute Gasteiger partial charge is 0.223 e. The van der Waals surface area contributed by atoms with E-state index in [2.05, 4.69) is 43.2 Å². The first-order valence-corrected chi connectivity index (χ1v) is 8.44. The number of aromatic nitrogens is 2. The predicted molar refractivity (Wildman–Crippen MR) is 93.3 cm³/mol. The van der Waals surface area contributed by atoms with Gasteiger partial charge in [0.1, 0.15) is 5.82 Å². The Morgan fingerprint density at radius 1 is 1.39 bits per heavy atom. The number of hydrogen-bond donors (Lipinski definition) is 0. The summed E-state index contributed by atoms with van der Waals surface area (Å²) in [7, 11) is 0. The Kier molecular flexibility index (Phi) is 4.51. The number of rotatable bonds is 6. The number of benzene rings is 1. The Morgan fingerprint density at radius 3 is 2.91 bits per heavy atom. The fourth-order valence-corrected chi connectivity index (χ4v) is 3.31. The number of nitrogens with zero attached hydrogens (tertiary/aromatic N) is 3. The third kappa shape index (κ3) is 3.16. The number of likely N-dealkylation sites (tertiary alicyclic amines) is 1. The lowest BCUT2D eigenvalue weighted by molar-refractivity contribution is -0.127. The maximum Gasteiger partial charge on any atom is 0.223 e. The molecule has 1 unspecified atom stereocenters. The van der Waals surface area contributed by atoms with E-state index in [0.717, 1.165) is 30.9 Å². The first-order valence-electron chi connectivity index (χ1n) is 8.44. The van der Waals surface area contributed by atoms with Crippen molar-refractivity contribution in [2.24, 2.45) is 5.92 Å². The Bertz CT molecular complexity index is 716. The number of para-hydroxylation sites is 2. The molecule has 0 aliphatic carbocycles. The molecule has 1 aromatic heterocycles. The Hall–Kier alpha value is -2.10. The molecule has 1 saturated heterocycles. The third-order valence-corrected chi connectivity index (χ3v) is 4.54. The second-order valence-corrected chi connectivity index (χ2v) is 6.78. The largest absolute Gasteiger partial charge is 0.338 e. The van der Waals surface area contributed by atoms with E-state index in [1.807, 2.05) is 11.0 Å². The molecule has 3 rings (SSSR count). The summed E-state index contributed by atoms with van der Waals surface area (Å²) in [6.07, 6.45) is 3.46. The molecule has 1 aromatic carbocycles. The van der Waals surface area contributed by atoms with Gasteiger partial charge in [-0.2, -0.15) is 0 Å². The highest BCUT2D eigenvalue weighted by atomic mass is 16.2. The first kappa shape index (κ1) is 15.8. The lowest BCUT2D eigenvalue weighted by Gasteiger charge is -2.16. The summed E-state index contributed by atoms with van der Waals surface area (Å²) < 4.78 is 2.32. The first-order chi connectivity index (χ1) is 11.1. The third-order valence-electron chi connectivity index (χ3n) is 4.54. The van der Waals surface area contributed by atoms with Crippen molar-refractivity contribution in [3.05, 3.63) is 42.7 Å². The van der Waals surface area contributed by atoms with Crippen LogP contribution in [0, 0.1) is 5.92 Å². The van der Waals surface area contributed by atoms with Crippen LogP contribution in [0.15, 0.2) is 36.9 Å². The number of carbonyl (C=O) groups is 1. The molecule has 4 heteroatoms. The molecular weight excluding hydrogens is 286 g/mol. The van der Waals surface area contributed by atoms with Gasteiger partial charge in [0, 0.05) is 32.0 Å². The summed E-state index contributed by atoms with van der Waals surface area (Å²) in [5.74, 6) is 2.10. The average Bonchev–Trinajstić information content (AvgIpc) is 3.06. The molecule has 1 atom stereocenters. The fraction of sp³-hybridized carbons (Fsp3) is 0.474. The molecule has 1 aliphatic rings. The molecule has 2 aromatic rings. The van der Waals surface area contributed by atoms with E-state index < -0.39 is 0 Å². The van der Waals surface area contributed by atoms with Crippen LogP contribution in [0.2, 0.25) is 0 Å². The number of hydrogen-bond acceptors (Lipinski definition) is 2. The molecule has 23 heavy (non-hydrogen) atoms. The molecule has 0 saturated carbocycles. The van der Waals surface area contributed by atoms with Crippen molar-refractivity contribution in [3.63, 3.8) is 0 Å². The quantitative estimate of drug-likeness (QED) is 0.765. The van der Waals surface area contributed by atoms with Crippen molar-refractivity contribution in [2.75, 3.05) is 13.1 Å². The molecular formula is C19H25N3O. The number of fused-ring (bicyclic) bond motifs is 1. The van der Waals surface area contributed by atoms with Crippen LogP contribution in [0.1, 0.15) is 38.4 Å². The molecule has 1 amide bonds. The summed E-state index contributed by atoms with van der Waals surface area (Å²) in [6, 6.07) is 8.27. The van der Waals surface area contributed by atoms with E-state index in [1.54, 1.807) is 6.08 Å². The van der Waals surface area contributed by atoms with E-state index in [0.29, 0.717) is 18.9 Å². The maximum atomic E-state index is 12.2. The number of imidazole rings is 1. The summed E-state index contributed by atoms with van der Waals surface area (Å²) in [4.78, 5) is 18.9. The highest BCUT2D eigenvalue weighted by molar-refractivity contribution is 5.81. The van der Waals surface area contributed by atoms with Gasteiger partial charge in [0.15, 0.2) is 0 Å². The summed E-state index contributed by atoms with van der Waals surface area (Å²) in [5, 5.41) is 0. The Morgan fingerprint density at radius 2 is 2.17 bits per heavy atom. The van der Waals surface area contributed by atoms with E-state index >= 15 is 0 Å². The molecule has 1 fully saturated rings. The van der Waals surface area contributed by atoms with Crippen molar-refractivity contribution in [3.8, 4) is 0 Å². The van der Waals surface area contributed by atoms with Crippen LogP contribution >= 0.6 is 0 Å². The minimum Gasteiger partial charge on any atom is -0.338 e. The molecule has 0 spiro atoms. The van der Waals surface area contributed by atoms with Crippen LogP contribution < -0.4 is 0 Å². The molecule has 0 N–H and O–H groups in total. The zero-order valence-electron chi connectivity index (χ0n) is 14.0. The molecule has 0 bridgehead atoms. The van der Waals surface area contributed by atoms with Gasteiger partial charge in [0.2, 0.25) is 5.91 Å². The van der Waals surface area contributed by atoms with Crippen LogP contribution in [-0.4, -0.2) is 33.4 Å². The van der Waals surface area contributed by atoms with Crippen molar-refractivity contribution in [1.82, 2.24) is 14.5 Å². The van der Waals surface area contributed by atoms with Crippen LogP contribution in [0.5, 0.6) is 0 Å². The fourth-order valence-electron chi connectivity index (χ4n) is 3.31. The van der Waals surface area contributed by atoms with E-state index in [1.165, 1.54) is 5.52 Å². The zero-order valence-corrected chi connectivity index (χ0v) is 14.0. The highest BCUT2D eigenvalue weighted by Gasteiger charge is 2.33. The van der Waals surface area contributed by atoms with Gasteiger partial charge in [0.05, 0.1) is 11.0 Å². The molecule has 1 aliphatic heterocycles. The van der Waals surface area contributed by atoms with Gasteiger partial charge in [0.25, 0.3) is 0 Å². The lowest BCUT2D eigenvalue weighted by Crippen LogP contribution is -2.25. The number of amides is 1. The normalized spacial score (nSPS) is 18.3. The van der Waals surface area contributed by atoms with E-state index in [9.17, 15) is 4.79 Å². The molecule has 0 radical (unpaired) electrons. The summed E-state index contributed by atoms with van der Waals surface area (Å²) in [6.45, 7) is 10.6. The van der Waals surface area contributed by atoms with Gasteiger partial charge in [-0.3, -0.25) is 4.79 Å². The topological polar surface area (TPSA) is 38.1 Å². The highest BCUT2D eigenvalue weighted by Crippen LogP contribution is 2.30. The number of aryl methyl sites for hydroxylation is 1. The van der Waals surface area contributed by atoms with Gasteiger partial charge in [-0.15, -0.1) is 6.58 Å². The van der Waals surface area contributed by atoms with Crippen LogP contribution in [0.3, 0.4) is 0 Å². The second kappa shape index (κ2) is 6.57. The predicted octanol–water partition coefficient (Wildman–Crippen LogP) is 3.58. The van der Waals surface area contributed by atoms with E-state index in [4.69, 9.17) is 4.98 Å². The van der Waals surface area contributed by atoms with Crippen LogP contribution in [0.25, 0.3) is 11.0 Å². The summed E-state index contributed by atoms with van der Waals surface area (Å²) >= 11 is 0. The second-order valence-electron chi connectivity index (χ2n) is 6.78. The molecule has 4 nitrogen and oxygen atoms in total. The minimum absolute atomic E-state index is 0.182. The van der Waals surface area contributed by atoms with Crippen molar-refractivity contribution in [2.45, 2.75) is 39.2 Å². The minimum atomic E-state index is 0.182. The zero-order chi connectivity index (χ0) is 16.4. The van der Waals surface area contributed by atoms with Crippen molar-refractivity contribution >= 4 is 16.9 Å². The van der Waals surface area contributed by atoms with Gasteiger partial charge in [-0.1, -0.05) is 32.1 Å². The number of carbonyl (C=O) groups excluding carboxylic acids is 1. The van der Waals surface area contributed by atoms with Gasteiger partial charge < -0.3 is 9.47 Å². The maximum absolute atomic E-state index is 12.2. The Balaban J connectivity index is 1.94. The SMILES string of the molecule is C=CCN1CC(c2nc3ccccc3n2CCC(C)C)CC1=O. The lowest BCUT2D eigenvalue weighted by atomic mass is 10.1. The van der Waals surface area contributed by atoms with Crippen LogP contribution in [0.4, 0.5) is 0 Å². The Labute approximate surface area is 137 Å².